The predicted octanol–water partition coefficient (Wildman–Crippen LogP) is 4.24. The first-order valence-corrected chi connectivity index (χ1v) is 10.9. The van der Waals surface area contributed by atoms with E-state index in [2.05, 4.69) is 36.1 Å². The van der Waals surface area contributed by atoms with E-state index < -0.39 is 5.82 Å². The van der Waals surface area contributed by atoms with E-state index in [4.69, 9.17) is 16.3 Å². The number of ether oxygens (including phenoxy) is 1. The van der Waals surface area contributed by atoms with Crippen molar-refractivity contribution in [3.63, 3.8) is 0 Å². The number of morpholine rings is 1. The van der Waals surface area contributed by atoms with Crippen LogP contribution < -0.4 is 5.32 Å². The molecule has 1 saturated heterocycles. The number of H-pyrrole nitrogens is 1. The quantitative estimate of drug-likeness (QED) is 0.502. The van der Waals surface area contributed by atoms with Crippen molar-refractivity contribution in [1.29, 1.82) is 0 Å². The van der Waals surface area contributed by atoms with Gasteiger partial charge in [0.15, 0.2) is 0 Å². The molecule has 0 unspecified atom stereocenters. The van der Waals surface area contributed by atoms with Gasteiger partial charge in [0, 0.05) is 41.3 Å². The van der Waals surface area contributed by atoms with Crippen molar-refractivity contribution in [2.24, 2.45) is 0 Å². The number of nitrogens with one attached hydrogen (secondary N) is 2. The lowest BCUT2D eigenvalue weighted by molar-refractivity contribution is 0.0374. The van der Waals surface area contributed by atoms with Crippen LogP contribution in [0.2, 0.25) is 5.02 Å². The Bertz CT molecular complexity index is 1030. The summed E-state index contributed by atoms with van der Waals surface area (Å²) in [5, 5.41) is 2.99. The van der Waals surface area contributed by atoms with E-state index in [1.807, 2.05) is 6.07 Å². The number of carbonyl (C=O) groups is 1. The third kappa shape index (κ3) is 4.83. The van der Waals surface area contributed by atoms with Gasteiger partial charge in [0.1, 0.15) is 11.6 Å². The molecule has 1 aliphatic heterocycles. The summed E-state index contributed by atoms with van der Waals surface area (Å²) in [5.41, 5.74) is 2.46. The van der Waals surface area contributed by atoms with Gasteiger partial charge in [0.2, 0.25) is 0 Å². The highest BCUT2D eigenvalue weighted by Gasteiger charge is 2.14. The number of hydrogen-bond acceptors (Lipinski definition) is 4. The zero-order valence-electron chi connectivity index (χ0n) is 16.2. The van der Waals surface area contributed by atoms with Gasteiger partial charge in [-0.3, -0.25) is 9.69 Å². The van der Waals surface area contributed by atoms with Gasteiger partial charge in [-0.2, -0.15) is 0 Å². The van der Waals surface area contributed by atoms with Crippen LogP contribution in [0.4, 0.5) is 4.39 Å². The average molecular weight is 496 g/mol. The molecule has 4 rings (SSSR count). The number of amides is 1. The molecule has 2 N–H and O–H groups in total. The Kier molecular flexibility index (Phi) is 6.67. The Morgan fingerprint density at radius 2 is 2.10 bits per heavy atom. The predicted molar refractivity (Wildman–Crippen MR) is 118 cm³/mol. The van der Waals surface area contributed by atoms with Crippen molar-refractivity contribution in [2.75, 3.05) is 39.4 Å². The van der Waals surface area contributed by atoms with Crippen molar-refractivity contribution < 1.29 is 13.9 Å². The number of nitrogens with zero attached hydrogens (tertiary/aromatic N) is 2. The molecular formula is C21H21BrClFN4O2. The minimum absolute atomic E-state index is 0.0280. The van der Waals surface area contributed by atoms with Crippen molar-refractivity contribution in [3.05, 3.63) is 51.2 Å². The molecule has 0 saturated carbocycles. The summed E-state index contributed by atoms with van der Waals surface area (Å²) >= 11 is 9.35. The molecule has 0 atom stereocenters. The van der Waals surface area contributed by atoms with Gasteiger partial charge in [-0.25, -0.2) is 9.37 Å². The van der Waals surface area contributed by atoms with E-state index in [-0.39, 0.29) is 10.9 Å². The Morgan fingerprint density at radius 1 is 1.30 bits per heavy atom. The van der Waals surface area contributed by atoms with E-state index >= 15 is 0 Å². The van der Waals surface area contributed by atoms with Crippen LogP contribution in [0.1, 0.15) is 16.8 Å². The molecule has 1 aliphatic rings. The van der Waals surface area contributed by atoms with Gasteiger partial charge >= 0.3 is 0 Å². The van der Waals surface area contributed by atoms with Crippen molar-refractivity contribution in [3.8, 4) is 11.4 Å². The lowest BCUT2D eigenvalue weighted by Gasteiger charge is -2.26. The molecule has 9 heteroatoms. The molecule has 0 spiro atoms. The fourth-order valence-corrected chi connectivity index (χ4v) is 4.14. The number of halogens is 3. The highest BCUT2D eigenvalue weighted by atomic mass is 79.9. The van der Waals surface area contributed by atoms with E-state index in [1.165, 1.54) is 12.1 Å². The van der Waals surface area contributed by atoms with Crippen molar-refractivity contribution in [2.45, 2.75) is 6.42 Å². The van der Waals surface area contributed by atoms with Gasteiger partial charge in [0.25, 0.3) is 5.91 Å². The zero-order valence-corrected chi connectivity index (χ0v) is 18.5. The lowest BCUT2D eigenvalue weighted by atomic mass is 10.1. The number of rotatable bonds is 6. The summed E-state index contributed by atoms with van der Waals surface area (Å²) in [6, 6.07) is 8.12. The number of fused-ring (bicyclic) bond motifs is 1. The second-order valence-electron chi connectivity index (χ2n) is 7.13. The first-order valence-electron chi connectivity index (χ1n) is 9.74. The molecule has 0 aliphatic carbocycles. The Balaban J connectivity index is 1.39. The number of aromatic nitrogens is 2. The summed E-state index contributed by atoms with van der Waals surface area (Å²) in [7, 11) is 0. The van der Waals surface area contributed by atoms with Gasteiger partial charge < -0.3 is 15.0 Å². The highest BCUT2D eigenvalue weighted by molar-refractivity contribution is 9.10. The monoisotopic (exact) mass is 494 g/mol. The molecule has 2 heterocycles. The van der Waals surface area contributed by atoms with Crippen LogP contribution in [0.25, 0.3) is 22.4 Å². The molecule has 1 fully saturated rings. The minimum atomic E-state index is -0.501. The molecule has 6 nitrogen and oxygen atoms in total. The molecular weight excluding hydrogens is 475 g/mol. The van der Waals surface area contributed by atoms with Crippen LogP contribution >= 0.6 is 27.5 Å². The largest absolute Gasteiger partial charge is 0.379 e. The number of benzene rings is 2. The molecule has 158 valence electrons. The minimum Gasteiger partial charge on any atom is -0.379 e. The molecule has 2 aromatic carbocycles. The average Bonchev–Trinajstić information content (AvgIpc) is 3.14. The van der Waals surface area contributed by atoms with E-state index in [0.717, 1.165) is 44.8 Å². The summed E-state index contributed by atoms with van der Waals surface area (Å²) in [4.78, 5) is 22.4. The highest BCUT2D eigenvalue weighted by Crippen LogP contribution is 2.30. The van der Waals surface area contributed by atoms with Gasteiger partial charge in [-0.1, -0.05) is 27.5 Å². The molecule has 1 amide bonds. The molecule has 1 aromatic heterocycles. The molecule has 30 heavy (non-hydrogen) atoms. The van der Waals surface area contributed by atoms with E-state index in [0.29, 0.717) is 33.4 Å². The summed E-state index contributed by atoms with van der Waals surface area (Å²) < 4.78 is 19.7. The summed E-state index contributed by atoms with van der Waals surface area (Å²) in [6.07, 6.45) is 0.892. The Labute approximate surface area is 186 Å². The Hall–Kier alpha value is -2.00. The second kappa shape index (κ2) is 9.43. The maximum absolute atomic E-state index is 13.7. The van der Waals surface area contributed by atoms with E-state index in [9.17, 15) is 9.18 Å². The third-order valence-electron chi connectivity index (χ3n) is 5.05. The maximum Gasteiger partial charge on any atom is 0.251 e. The molecule has 0 radical (unpaired) electrons. The van der Waals surface area contributed by atoms with Gasteiger partial charge in [-0.05, 0) is 37.2 Å². The standard InChI is InChI=1S/C21H21BrClFN4O2/c22-15-10-13(21(29)25-4-1-5-28-6-8-30-9-7-28)2-3-14(15)20-26-18-11-16(23)17(24)12-19(18)27-20/h2-3,10-12H,1,4-9H2,(H,25,29)(H,26,27). The van der Waals surface area contributed by atoms with Crippen molar-refractivity contribution >= 4 is 44.5 Å². The lowest BCUT2D eigenvalue weighted by Crippen LogP contribution is -2.38. The molecule has 3 aromatic rings. The maximum atomic E-state index is 13.7. The normalized spacial score (nSPS) is 14.9. The van der Waals surface area contributed by atoms with Crippen LogP contribution in [0.5, 0.6) is 0 Å². The van der Waals surface area contributed by atoms with Gasteiger partial charge in [0.05, 0.1) is 29.3 Å². The third-order valence-corrected chi connectivity index (χ3v) is 6.00. The van der Waals surface area contributed by atoms with Crippen molar-refractivity contribution in [1.82, 2.24) is 20.2 Å². The SMILES string of the molecule is O=C(NCCCN1CCOCC1)c1ccc(-c2nc3cc(Cl)c(F)cc3[nH]2)c(Br)c1. The van der Waals surface area contributed by atoms with Gasteiger partial charge in [-0.15, -0.1) is 0 Å². The van der Waals surface area contributed by atoms with Crippen LogP contribution in [0.3, 0.4) is 0 Å². The zero-order chi connectivity index (χ0) is 21.1. The summed E-state index contributed by atoms with van der Waals surface area (Å²) in [5.74, 6) is -0.0576. The van der Waals surface area contributed by atoms with Crippen LogP contribution in [0, 0.1) is 5.82 Å². The number of carbonyl (C=O) groups excluding carboxylic acids is 1. The summed E-state index contributed by atoms with van der Waals surface area (Å²) in [6.45, 7) is 5.01. The van der Waals surface area contributed by atoms with Crippen LogP contribution in [-0.2, 0) is 4.74 Å². The number of aromatic amines is 1. The first-order chi connectivity index (χ1) is 14.5. The number of hydrogen-bond donors (Lipinski definition) is 2. The fraction of sp³-hybridized carbons (Fsp3) is 0.333. The van der Waals surface area contributed by atoms with E-state index in [1.54, 1.807) is 12.1 Å². The fourth-order valence-electron chi connectivity index (χ4n) is 3.41. The first kappa shape index (κ1) is 21.2. The van der Waals surface area contributed by atoms with Crippen LogP contribution in [0.15, 0.2) is 34.8 Å². The Morgan fingerprint density at radius 3 is 2.87 bits per heavy atom. The number of imidazole rings is 1. The smallest absolute Gasteiger partial charge is 0.251 e. The van der Waals surface area contributed by atoms with Crippen LogP contribution in [-0.4, -0.2) is 60.2 Å². The second-order valence-corrected chi connectivity index (χ2v) is 8.39. The topological polar surface area (TPSA) is 70.2 Å². The molecule has 0 bridgehead atoms.